The second-order valence-corrected chi connectivity index (χ2v) is 8.39. The number of hydrogen-bond acceptors (Lipinski definition) is 3. The number of hydrogen-bond donors (Lipinski definition) is 0. The molecule has 5 rings (SSSR count). The Balaban J connectivity index is 1.20. The molecule has 33 heavy (non-hydrogen) atoms. The highest BCUT2D eigenvalue weighted by Crippen LogP contribution is 2.20. The van der Waals surface area contributed by atoms with E-state index in [1.165, 1.54) is 22.2 Å². The largest absolute Gasteiger partial charge is 0.345 e. The Morgan fingerprint density at radius 1 is 0.909 bits per heavy atom. The van der Waals surface area contributed by atoms with Gasteiger partial charge in [-0.1, -0.05) is 53.7 Å². The molecule has 5 heteroatoms. The Hall–Kier alpha value is -3.99. The molecule has 164 valence electrons. The smallest absolute Gasteiger partial charge is 0.162 e. The maximum Gasteiger partial charge on any atom is 0.162 e. The molecule has 3 aromatic carbocycles. The van der Waals surface area contributed by atoms with Gasteiger partial charge in [-0.3, -0.25) is 4.79 Å². The van der Waals surface area contributed by atoms with Gasteiger partial charge in [-0.25, -0.2) is 4.68 Å². The number of fused-ring (bicyclic) bond motifs is 1. The van der Waals surface area contributed by atoms with Gasteiger partial charge in [0.2, 0.25) is 0 Å². The minimum atomic E-state index is 0.166. The SMILES string of the molecule is Cc1cc2ccccc2n1CCCC(=O)c1ccc(-n2cc(Cc3ccccc3)nn2)cc1. The molecule has 0 aliphatic carbocycles. The highest BCUT2D eigenvalue weighted by molar-refractivity contribution is 5.96. The van der Waals surface area contributed by atoms with Crippen LogP contribution >= 0.6 is 0 Å². The summed E-state index contributed by atoms with van der Waals surface area (Å²) in [5, 5.41) is 9.78. The second-order valence-electron chi connectivity index (χ2n) is 8.39. The predicted molar refractivity (Wildman–Crippen MR) is 131 cm³/mol. The summed E-state index contributed by atoms with van der Waals surface area (Å²) in [4.78, 5) is 12.7. The molecule has 0 N–H and O–H groups in total. The molecule has 0 fully saturated rings. The Bertz CT molecular complexity index is 1380. The predicted octanol–water partition coefficient (Wildman–Crippen LogP) is 5.78. The van der Waals surface area contributed by atoms with Crippen molar-refractivity contribution in [2.45, 2.75) is 32.7 Å². The molecule has 0 spiro atoms. The highest BCUT2D eigenvalue weighted by atomic mass is 16.1. The van der Waals surface area contributed by atoms with Gasteiger partial charge in [0.05, 0.1) is 17.6 Å². The van der Waals surface area contributed by atoms with E-state index < -0.39 is 0 Å². The van der Waals surface area contributed by atoms with E-state index in [0.717, 1.165) is 36.3 Å². The van der Waals surface area contributed by atoms with E-state index in [4.69, 9.17) is 0 Å². The van der Waals surface area contributed by atoms with Crippen LogP contribution in [0, 0.1) is 6.92 Å². The fourth-order valence-electron chi connectivity index (χ4n) is 4.30. The normalized spacial score (nSPS) is 11.2. The van der Waals surface area contributed by atoms with Crippen LogP contribution in [-0.2, 0) is 13.0 Å². The number of carbonyl (C=O) groups excluding carboxylic acids is 1. The summed E-state index contributed by atoms with van der Waals surface area (Å²) in [6.45, 7) is 2.96. The molecule has 0 atom stereocenters. The molecular formula is C28H26N4O. The lowest BCUT2D eigenvalue weighted by molar-refractivity contribution is 0.0978. The van der Waals surface area contributed by atoms with Crippen molar-refractivity contribution in [3.05, 3.63) is 114 Å². The molecule has 0 aliphatic rings. The average Bonchev–Trinajstić information content (AvgIpc) is 3.44. The number of aromatic nitrogens is 4. The molecule has 0 bridgehead atoms. The quantitative estimate of drug-likeness (QED) is 0.291. The van der Waals surface area contributed by atoms with Crippen LogP contribution in [0.4, 0.5) is 0 Å². The van der Waals surface area contributed by atoms with Gasteiger partial charge < -0.3 is 4.57 Å². The number of rotatable bonds is 8. The highest BCUT2D eigenvalue weighted by Gasteiger charge is 2.10. The number of carbonyl (C=O) groups is 1. The van der Waals surface area contributed by atoms with Crippen molar-refractivity contribution in [1.29, 1.82) is 0 Å². The van der Waals surface area contributed by atoms with Crippen LogP contribution in [-0.4, -0.2) is 25.3 Å². The Morgan fingerprint density at radius 3 is 2.48 bits per heavy atom. The van der Waals surface area contributed by atoms with E-state index in [9.17, 15) is 4.79 Å². The maximum atomic E-state index is 12.7. The van der Waals surface area contributed by atoms with Crippen molar-refractivity contribution in [2.75, 3.05) is 0 Å². The molecular weight excluding hydrogens is 408 g/mol. The molecule has 2 heterocycles. The average molecular weight is 435 g/mol. The van der Waals surface area contributed by atoms with Crippen molar-refractivity contribution >= 4 is 16.7 Å². The van der Waals surface area contributed by atoms with Crippen LogP contribution in [0.5, 0.6) is 0 Å². The van der Waals surface area contributed by atoms with Crippen molar-refractivity contribution < 1.29 is 4.79 Å². The van der Waals surface area contributed by atoms with Gasteiger partial charge >= 0.3 is 0 Å². The first-order valence-corrected chi connectivity index (χ1v) is 11.3. The lowest BCUT2D eigenvalue weighted by Gasteiger charge is -2.08. The molecule has 0 saturated heterocycles. The van der Waals surface area contributed by atoms with Crippen LogP contribution in [0.15, 0.2) is 91.1 Å². The van der Waals surface area contributed by atoms with E-state index in [1.54, 1.807) is 4.68 Å². The molecule has 0 unspecified atom stereocenters. The van der Waals surface area contributed by atoms with Gasteiger partial charge in [-0.2, -0.15) is 0 Å². The Labute approximate surface area is 193 Å². The topological polar surface area (TPSA) is 52.7 Å². The first-order valence-electron chi connectivity index (χ1n) is 11.3. The van der Waals surface area contributed by atoms with Crippen LogP contribution in [0.3, 0.4) is 0 Å². The Morgan fingerprint density at radius 2 is 1.67 bits per heavy atom. The van der Waals surface area contributed by atoms with Crippen LogP contribution in [0.25, 0.3) is 16.6 Å². The Kier molecular flexibility index (Phi) is 5.85. The lowest BCUT2D eigenvalue weighted by Crippen LogP contribution is -2.05. The molecule has 2 aromatic heterocycles. The number of Topliss-reactive ketones (excluding diaryl/α,β-unsaturated/α-hetero) is 1. The summed E-state index contributed by atoms with van der Waals surface area (Å²) in [5.41, 5.74) is 6.20. The summed E-state index contributed by atoms with van der Waals surface area (Å²) >= 11 is 0. The number of aryl methyl sites for hydroxylation is 2. The third-order valence-electron chi connectivity index (χ3n) is 6.03. The zero-order valence-corrected chi connectivity index (χ0v) is 18.7. The summed E-state index contributed by atoms with van der Waals surface area (Å²) in [5.74, 6) is 0.166. The third-order valence-corrected chi connectivity index (χ3v) is 6.03. The molecule has 5 nitrogen and oxygen atoms in total. The van der Waals surface area contributed by atoms with Gasteiger partial charge in [0, 0.05) is 36.2 Å². The summed E-state index contributed by atoms with van der Waals surface area (Å²) in [6.07, 6.45) is 4.02. The van der Waals surface area contributed by atoms with Gasteiger partial charge in [0.15, 0.2) is 5.78 Å². The van der Waals surface area contributed by atoms with E-state index in [0.29, 0.717) is 6.42 Å². The summed E-state index contributed by atoms with van der Waals surface area (Å²) < 4.78 is 4.05. The third kappa shape index (κ3) is 4.62. The monoisotopic (exact) mass is 434 g/mol. The van der Waals surface area contributed by atoms with Gasteiger partial charge in [0.25, 0.3) is 0 Å². The molecule has 0 aliphatic heterocycles. The number of para-hydroxylation sites is 1. The van der Waals surface area contributed by atoms with Crippen molar-refractivity contribution in [3.8, 4) is 5.69 Å². The molecule has 0 saturated carbocycles. The molecule has 0 amide bonds. The fraction of sp³-hybridized carbons (Fsp3) is 0.179. The van der Waals surface area contributed by atoms with Gasteiger partial charge in [-0.05, 0) is 60.7 Å². The summed E-state index contributed by atoms with van der Waals surface area (Å²) in [7, 11) is 0. The fourth-order valence-corrected chi connectivity index (χ4v) is 4.30. The number of ketones is 1. The lowest BCUT2D eigenvalue weighted by atomic mass is 10.1. The molecule has 0 radical (unpaired) electrons. The standard InChI is InChI=1S/C28H26N4O/c1-21-18-24-10-5-6-11-27(24)31(21)17-7-12-28(33)23-13-15-26(16-14-23)32-20-25(29-30-32)19-22-8-3-2-4-9-22/h2-6,8-11,13-16,18,20H,7,12,17,19H2,1H3. The van der Waals surface area contributed by atoms with Crippen molar-refractivity contribution in [1.82, 2.24) is 19.6 Å². The summed E-state index contributed by atoms with van der Waals surface area (Å²) in [6, 6.07) is 28.4. The number of benzene rings is 3. The van der Waals surface area contributed by atoms with Crippen LogP contribution < -0.4 is 0 Å². The first-order chi connectivity index (χ1) is 16.2. The maximum absolute atomic E-state index is 12.7. The van der Waals surface area contributed by atoms with E-state index in [1.807, 2.05) is 48.7 Å². The van der Waals surface area contributed by atoms with Crippen molar-refractivity contribution in [2.24, 2.45) is 0 Å². The van der Waals surface area contributed by atoms with E-state index in [2.05, 4.69) is 64.3 Å². The second kappa shape index (κ2) is 9.25. The first kappa shape index (κ1) is 20.9. The van der Waals surface area contributed by atoms with E-state index >= 15 is 0 Å². The zero-order chi connectivity index (χ0) is 22.6. The van der Waals surface area contributed by atoms with Gasteiger partial charge in [0.1, 0.15) is 0 Å². The zero-order valence-electron chi connectivity index (χ0n) is 18.7. The minimum absolute atomic E-state index is 0.166. The minimum Gasteiger partial charge on any atom is -0.345 e. The van der Waals surface area contributed by atoms with Gasteiger partial charge in [-0.15, -0.1) is 5.10 Å². The van der Waals surface area contributed by atoms with E-state index in [-0.39, 0.29) is 5.78 Å². The number of nitrogens with zero attached hydrogens (tertiary/aromatic N) is 4. The molecule has 5 aromatic rings. The van der Waals surface area contributed by atoms with Crippen molar-refractivity contribution in [3.63, 3.8) is 0 Å². The van der Waals surface area contributed by atoms with Crippen LogP contribution in [0.1, 0.15) is 40.2 Å². The van der Waals surface area contributed by atoms with Crippen LogP contribution in [0.2, 0.25) is 0 Å².